The Kier molecular flexibility index (Phi) is 9.47. The van der Waals surface area contributed by atoms with E-state index in [9.17, 15) is 9.59 Å². The Labute approximate surface area is 299 Å². The minimum absolute atomic E-state index is 0.0744. The summed E-state index contributed by atoms with van der Waals surface area (Å²) in [4.78, 5) is 33.3. The highest BCUT2D eigenvalue weighted by Crippen LogP contribution is 2.37. The van der Waals surface area contributed by atoms with E-state index in [-0.39, 0.29) is 18.3 Å². The minimum Gasteiger partial charge on any atom is -0.493 e. The van der Waals surface area contributed by atoms with Crippen LogP contribution in [0.3, 0.4) is 0 Å². The van der Waals surface area contributed by atoms with Gasteiger partial charge in [-0.2, -0.15) is 0 Å². The summed E-state index contributed by atoms with van der Waals surface area (Å²) in [6.45, 7) is 7.93. The van der Waals surface area contributed by atoms with Crippen LogP contribution in [0.15, 0.2) is 118 Å². The van der Waals surface area contributed by atoms with E-state index in [4.69, 9.17) is 23.9 Å². The van der Waals surface area contributed by atoms with Crippen LogP contribution < -0.4 is 29.1 Å². The van der Waals surface area contributed by atoms with E-state index in [0.29, 0.717) is 50.0 Å². The molecule has 1 atom stereocenters. The van der Waals surface area contributed by atoms with E-state index in [1.165, 1.54) is 11.3 Å². The van der Waals surface area contributed by atoms with Crippen molar-refractivity contribution in [2.45, 2.75) is 46.4 Å². The summed E-state index contributed by atoms with van der Waals surface area (Å²) in [5.74, 6) is 1.18. The second-order valence-electron chi connectivity index (χ2n) is 12.5. The zero-order valence-electron chi connectivity index (χ0n) is 29.1. The molecule has 6 aromatic rings. The average Bonchev–Trinajstić information content (AvgIpc) is 3.44. The lowest BCUT2D eigenvalue weighted by atomic mass is 9.95. The number of hydrogen-bond donors (Lipinski definition) is 0. The van der Waals surface area contributed by atoms with Gasteiger partial charge in [-0.1, -0.05) is 90.2 Å². The van der Waals surface area contributed by atoms with Gasteiger partial charge < -0.3 is 18.9 Å². The van der Waals surface area contributed by atoms with Crippen LogP contribution in [0.2, 0.25) is 0 Å². The number of carbonyl (C=O) groups is 1. The first kappa shape index (κ1) is 33.8. The molecule has 7 rings (SSSR count). The van der Waals surface area contributed by atoms with Crippen molar-refractivity contribution in [1.82, 2.24) is 4.57 Å². The molecule has 1 aromatic heterocycles. The summed E-state index contributed by atoms with van der Waals surface area (Å²) in [6.07, 6.45) is 1.81. The molecule has 0 fully saturated rings. The lowest BCUT2D eigenvalue weighted by Crippen LogP contribution is -2.40. The second kappa shape index (κ2) is 14.3. The van der Waals surface area contributed by atoms with Crippen molar-refractivity contribution < 1.29 is 23.7 Å². The molecule has 0 saturated carbocycles. The van der Waals surface area contributed by atoms with Gasteiger partial charge in [0.1, 0.15) is 12.4 Å². The molecular formula is C42H38N2O6S. The molecule has 258 valence electrons. The van der Waals surface area contributed by atoms with Gasteiger partial charge in [0.25, 0.3) is 5.56 Å². The summed E-state index contributed by atoms with van der Waals surface area (Å²) in [6, 6.07) is 31.1. The van der Waals surface area contributed by atoms with Crippen LogP contribution in [0, 0.1) is 0 Å². The van der Waals surface area contributed by atoms with Gasteiger partial charge in [0.05, 0.1) is 41.7 Å². The molecule has 0 saturated heterocycles. The summed E-state index contributed by atoms with van der Waals surface area (Å²) in [5.41, 5.74) is 3.00. The van der Waals surface area contributed by atoms with Crippen LogP contribution in [0.5, 0.6) is 17.2 Å². The normalized spacial score (nSPS) is 14.5. The Morgan fingerprint density at radius 2 is 1.61 bits per heavy atom. The predicted octanol–water partition coefficient (Wildman–Crippen LogP) is 7.48. The SMILES string of the molecule is CCOC(=O)C1=C(C)N=c2s/c(=C/c3c(OCc4cccc5ccccc45)ccc4ccccc34)c(=O)n2[C@H]1c1ccc(OC(C)C)c(OC)c1. The molecule has 9 heteroatoms. The highest BCUT2D eigenvalue weighted by molar-refractivity contribution is 7.07. The zero-order valence-corrected chi connectivity index (χ0v) is 30.0. The van der Waals surface area contributed by atoms with E-state index >= 15 is 0 Å². The number of allylic oxidation sites excluding steroid dienone is 1. The number of fused-ring (bicyclic) bond motifs is 3. The third kappa shape index (κ3) is 6.53. The number of rotatable bonds is 10. The molecule has 5 aromatic carbocycles. The fourth-order valence-corrected chi connectivity index (χ4v) is 7.60. The minimum atomic E-state index is -0.806. The van der Waals surface area contributed by atoms with Gasteiger partial charge in [0.2, 0.25) is 0 Å². The van der Waals surface area contributed by atoms with Gasteiger partial charge in [0, 0.05) is 5.56 Å². The quantitative estimate of drug-likeness (QED) is 0.138. The van der Waals surface area contributed by atoms with Crippen LogP contribution in [0.4, 0.5) is 0 Å². The molecule has 1 aliphatic rings. The van der Waals surface area contributed by atoms with Crippen LogP contribution in [0.1, 0.15) is 50.4 Å². The molecule has 0 amide bonds. The molecule has 0 aliphatic carbocycles. The van der Waals surface area contributed by atoms with Crippen molar-refractivity contribution in [3.8, 4) is 17.2 Å². The molecule has 0 unspecified atom stereocenters. The van der Waals surface area contributed by atoms with Crippen LogP contribution in [0.25, 0.3) is 27.6 Å². The van der Waals surface area contributed by atoms with Gasteiger partial charge in [-0.3, -0.25) is 9.36 Å². The third-order valence-corrected chi connectivity index (χ3v) is 9.84. The smallest absolute Gasteiger partial charge is 0.338 e. The van der Waals surface area contributed by atoms with Crippen molar-refractivity contribution in [3.05, 3.63) is 145 Å². The monoisotopic (exact) mass is 698 g/mol. The fourth-order valence-electron chi connectivity index (χ4n) is 6.57. The Morgan fingerprint density at radius 1 is 0.902 bits per heavy atom. The van der Waals surface area contributed by atoms with Gasteiger partial charge >= 0.3 is 5.97 Å². The largest absolute Gasteiger partial charge is 0.493 e. The molecule has 0 radical (unpaired) electrons. The first-order chi connectivity index (χ1) is 24.8. The number of benzene rings is 5. The van der Waals surface area contributed by atoms with Gasteiger partial charge in [-0.25, -0.2) is 9.79 Å². The van der Waals surface area contributed by atoms with Crippen molar-refractivity contribution >= 4 is 44.9 Å². The number of thiazole rings is 1. The molecule has 2 heterocycles. The van der Waals surface area contributed by atoms with Crippen LogP contribution >= 0.6 is 11.3 Å². The van der Waals surface area contributed by atoms with E-state index in [0.717, 1.165) is 32.7 Å². The number of ether oxygens (including phenoxy) is 4. The molecule has 0 spiro atoms. The number of methoxy groups -OCH3 is 1. The average molecular weight is 699 g/mol. The van der Waals surface area contributed by atoms with Gasteiger partial charge in [-0.15, -0.1) is 0 Å². The van der Waals surface area contributed by atoms with Crippen LogP contribution in [-0.2, 0) is 16.1 Å². The lowest BCUT2D eigenvalue weighted by Gasteiger charge is -2.25. The zero-order chi connectivity index (χ0) is 35.6. The van der Waals surface area contributed by atoms with Crippen molar-refractivity contribution in [2.24, 2.45) is 4.99 Å². The molecule has 0 N–H and O–H groups in total. The maximum absolute atomic E-state index is 14.6. The highest BCUT2D eigenvalue weighted by Gasteiger charge is 2.34. The summed E-state index contributed by atoms with van der Waals surface area (Å²) < 4.78 is 25.7. The maximum atomic E-state index is 14.6. The highest BCUT2D eigenvalue weighted by atomic mass is 32.1. The Hall–Kier alpha value is -5.67. The third-order valence-electron chi connectivity index (χ3n) is 8.85. The first-order valence-corrected chi connectivity index (χ1v) is 17.7. The predicted molar refractivity (Wildman–Crippen MR) is 201 cm³/mol. The van der Waals surface area contributed by atoms with Crippen LogP contribution in [-0.4, -0.2) is 30.4 Å². The Bertz CT molecular complexity index is 2510. The topological polar surface area (TPSA) is 88.4 Å². The van der Waals surface area contributed by atoms with Gasteiger partial charge in [0.15, 0.2) is 16.3 Å². The number of aromatic nitrogens is 1. The molecule has 1 aliphatic heterocycles. The lowest BCUT2D eigenvalue weighted by molar-refractivity contribution is -0.139. The fraction of sp³-hybridized carbons (Fsp3) is 0.214. The van der Waals surface area contributed by atoms with Crippen molar-refractivity contribution in [3.63, 3.8) is 0 Å². The Balaban J connectivity index is 1.38. The van der Waals surface area contributed by atoms with E-state index < -0.39 is 12.0 Å². The number of esters is 1. The number of carbonyl (C=O) groups excluding carboxylic acids is 1. The Morgan fingerprint density at radius 3 is 2.35 bits per heavy atom. The molecule has 8 nitrogen and oxygen atoms in total. The van der Waals surface area contributed by atoms with E-state index in [1.807, 2.05) is 80.6 Å². The van der Waals surface area contributed by atoms with Crippen molar-refractivity contribution in [2.75, 3.05) is 13.7 Å². The summed E-state index contributed by atoms with van der Waals surface area (Å²) in [5, 5.41) is 4.24. The van der Waals surface area contributed by atoms with Crippen molar-refractivity contribution in [1.29, 1.82) is 0 Å². The molecular weight excluding hydrogens is 661 g/mol. The standard InChI is InChI=1S/C42H38N2O6S/c1-6-48-41(46)38-26(4)43-42-44(39(38)29-19-21-35(50-25(2)3)36(22-29)47-5)40(45)37(51-42)23-33-32-17-10-8-13-28(32)18-20-34(33)49-24-30-15-11-14-27-12-7-9-16-31(27)30/h7-23,25,39H,6,24H2,1-5H3/b37-23+/t39-/m0/s1. The second-order valence-corrected chi connectivity index (χ2v) is 13.5. The number of hydrogen-bond acceptors (Lipinski definition) is 8. The van der Waals surface area contributed by atoms with E-state index in [1.54, 1.807) is 37.7 Å². The maximum Gasteiger partial charge on any atom is 0.338 e. The van der Waals surface area contributed by atoms with Gasteiger partial charge in [-0.05, 0) is 84.6 Å². The summed E-state index contributed by atoms with van der Waals surface area (Å²) in [7, 11) is 1.56. The molecule has 0 bridgehead atoms. The van der Waals surface area contributed by atoms with E-state index in [2.05, 4.69) is 24.3 Å². The molecule has 51 heavy (non-hydrogen) atoms. The first-order valence-electron chi connectivity index (χ1n) is 16.9. The summed E-state index contributed by atoms with van der Waals surface area (Å²) >= 11 is 1.27. The number of nitrogens with zero attached hydrogens (tertiary/aromatic N) is 2.